The molecule has 19 heavy (non-hydrogen) atoms. The van der Waals surface area contributed by atoms with E-state index >= 15 is 0 Å². The van der Waals surface area contributed by atoms with Gasteiger partial charge in [0.15, 0.2) is 0 Å². The van der Waals surface area contributed by atoms with Gasteiger partial charge in [0, 0.05) is 5.41 Å². The first-order valence-electron chi connectivity index (χ1n) is 7.33. The summed E-state index contributed by atoms with van der Waals surface area (Å²) in [6.07, 6.45) is 3.52. The summed E-state index contributed by atoms with van der Waals surface area (Å²) in [7, 11) is 0. The zero-order valence-corrected chi connectivity index (χ0v) is 12.1. The highest BCUT2D eigenvalue weighted by Gasteiger charge is 2.35. The van der Waals surface area contributed by atoms with Crippen LogP contribution in [0.25, 0.3) is 11.0 Å². The number of benzene rings is 1. The number of nitrogens with zero attached hydrogens (tertiary/aromatic N) is 1. The fourth-order valence-electron chi connectivity index (χ4n) is 3.39. The summed E-state index contributed by atoms with van der Waals surface area (Å²) >= 11 is 0. The molecule has 3 heteroatoms. The molecule has 0 radical (unpaired) electrons. The van der Waals surface area contributed by atoms with Crippen LogP contribution in [0.3, 0.4) is 0 Å². The van der Waals surface area contributed by atoms with Crippen molar-refractivity contribution in [3.05, 3.63) is 29.1 Å². The van der Waals surface area contributed by atoms with Crippen molar-refractivity contribution in [2.24, 2.45) is 0 Å². The molecule has 0 atom stereocenters. The quantitative estimate of drug-likeness (QED) is 0.867. The molecule has 2 N–H and O–H groups in total. The highest BCUT2D eigenvalue weighted by atomic mass is 15.0. The predicted octanol–water partition coefficient (Wildman–Crippen LogP) is 3.21. The van der Waals surface area contributed by atoms with E-state index in [0.29, 0.717) is 0 Å². The average molecular weight is 257 g/mol. The fourth-order valence-corrected chi connectivity index (χ4v) is 3.39. The van der Waals surface area contributed by atoms with E-state index in [1.807, 2.05) is 0 Å². The van der Waals surface area contributed by atoms with Crippen LogP contribution < -0.4 is 5.32 Å². The first-order chi connectivity index (χ1) is 9.14. The number of aromatic amines is 1. The molecule has 2 aromatic rings. The lowest BCUT2D eigenvalue weighted by atomic mass is 9.76. The lowest BCUT2D eigenvalue weighted by molar-refractivity contribution is 0.285. The number of hydrogen-bond acceptors (Lipinski definition) is 2. The second-order valence-electron chi connectivity index (χ2n) is 5.95. The van der Waals surface area contributed by atoms with Crippen LogP contribution in [0.4, 0.5) is 0 Å². The third-order valence-electron chi connectivity index (χ3n) is 4.66. The molecule has 0 bridgehead atoms. The van der Waals surface area contributed by atoms with E-state index in [4.69, 9.17) is 4.98 Å². The maximum Gasteiger partial charge on any atom is 0.113 e. The van der Waals surface area contributed by atoms with Gasteiger partial charge in [-0.05, 0) is 63.4 Å². The predicted molar refractivity (Wildman–Crippen MR) is 79.6 cm³/mol. The van der Waals surface area contributed by atoms with Crippen molar-refractivity contribution in [3.8, 4) is 0 Å². The molecule has 3 rings (SSSR count). The third kappa shape index (κ3) is 2.06. The van der Waals surface area contributed by atoms with E-state index in [2.05, 4.69) is 43.2 Å². The van der Waals surface area contributed by atoms with Gasteiger partial charge < -0.3 is 10.3 Å². The van der Waals surface area contributed by atoms with E-state index in [1.54, 1.807) is 0 Å². The van der Waals surface area contributed by atoms with Crippen LogP contribution in [0.5, 0.6) is 0 Å². The highest BCUT2D eigenvalue weighted by molar-refractivity contribution is 5.79. The number of fused-ring (bicyclic) bond motifs is 1. The molecule has 2 heterocycles. The average Bonchev–Trinajstić information content (AvgIpc) is 2.84. The largest absolute Gasteiger partial charge is 0.341 e. The number of aryl methyl sites for hydroxylation is 2. The SMILES string of the molecule is CCC1(c2nc3c(C)cc(C)cc3[nH]2)CCNCC1. The Morgan fingerprint density at radius 3 is 2.63 bits per heavy atom. The third-order valence-corrected chi connectivity index (χ3v) is 4.66. The maximum absolute atomic E-state index is 4.94. The van der Waals surface area contributed by atoms with Crippen molar-refractivity contribution in [3.63, 3.8) is 0 Å². The van der Waals surface area contributed by atoms with Crippen LogP contribution in [0.15, 0.2) is 12.1 Å². The van der Waals surface area contributed by atoms with Crippen LogP contribution in [-0.2, 0) is 5.41 Å². The topological polar surface area (TPSA) is 40.7 Å². The molecule has 1 aromatic heterocycles. The Kier molecular flexibility index (Phi) is 3.09. The molecule has 0 aliphatic carbocycles. The molecule has 102 valence electrons. The molecule has 1 aromatic carbocycles. The van der Waals surface area contributed by atoms with E-state index in [9.17, 15) is 0 Å². The van der Waals surface area contributed by atoms with Gasteiger partial charge in [0.25, 0.3) is 0 Å². The second kappa shape index (κ2) is 4.64. The van der Waals surface area contributed by atoms with Gasteiger partial charge in [-0.2, -0.15) is 0 Å². The summed E-state index contributed by atoms with van der Waals surface area (Å²) < 4.78 is 0. The summed E-state index contributed by atoms with van der Waals surface area (Å²) in [6, 6.07) is 4.43. The van der Waals surface area contributed by atoms with Gasteiger partial charge in [-0.1, -0.05) is 13.0 Å². The number of aromatic nitrogens is 2. The molecule has 0 saturated carbocycles. The first kappa shape index (κ1) is 12.7. The number of rotatable bonds is 2. The van der Waals surface area contributed by atoms with Crippen molar-refractivity contribution in [2.75, 3.05) is 13.1 Å². The molecule has 1 aliphatic rings. The van der Waals surface area contributed by atoms with Crippen molar-refractivity contribution in [2.45, 2.75) is 45.4 Å². The number of piperidine rings is 1. The summed E-state index contributed by atoms with van der Waals surface area (Å²) in [5.74, 6) is 1.19. The van der Waals surface area contributed by atoms with E-state index in [-0.39, 0.29) is 5.41 Å². The second-order valence-corrected chi connectivity index (χ2v) is 5.95. The molecular formula is C16H23N3. The minimum absolute atomic E-state index is 0.241. The molecule has 0 amide bonds. The Bertz CT molecular complexity index is 591. The monoisotopic (exact) mass is 257 g/mol. The number of hydrogen-bond donors (Lipinski definition) is 2. The molecule has 0 unspecified atom stereocenters. The van der Waals surface area contributed by atoms with Gasteiger partial charge >= 0.3 is 0 Å². The van der Waals surface area contributed by atoms with Gasteiger partial charge in [-0.3, -0.25) is 0 Å². The zero-order chi connectivity index (χ0) is 13.5. The summed E-state index contributed by atoms with van der Waals surface area (Å²) in [5, 5.41) is 3.46. The Morgan fingerprint density at radius 1 is 1.21 bits per heavy atom. The van der Waals surface area contributed by atoms with Gasteiger partial charge in [0.1, 0.15) is 5.82 Å². The van der Waals surface area contributed by atoms with Crippen LogP contribution in [-0.4, -0.2) is 23.1 Å². The molecular weight excluding hydrogens is 234 g/mol. The lowest BCUT2D eigenvalue weighted by Crippen LogP contribution is -2.40. The maximum atomic E-state index is 4.94. The van der Waals surface area contributed by atoms with E-state index < -0.39 is 0 Å². The molecule has 1 fully saturated rings. The van der Waals surface area contributed by atoms with E-state index in [1.165, 1.54) is 35.3 Å². The van der Waals surface area contributed by atoms with Crippen LogP contribution in [0, 0.1) is 13.8 Å². The van der Waals surface area contributed by atoms with Gasteiger partial charge in [-0.15, -0.1) is 0 Å². The molecule has 3 nitrogen and oxygen atoms in total. The molecule has 1 saturated heterocycles. The van der Waals surface area contributed by atoms with Crippen LogP contribution >= 0.6 is 0 Å². The van der Waals surface area contributed by atoms with Gasteiger partial charge in [0.05, 0.1) is 11.0 Å². The van der Waals surface area contributed by atoms with Gasteiger partial charge in [-0.25, -0.2) is 4.98 Å². The minimum Gasteiger partial charge on any atom is -0.341 e. The van der Waals surface area contributed by atoms with Crippen molar-refractivity contribution >= 4 is 11.0 Å². The number of imidazole rings is 1. The smallest absolute Gasteiger partial charge is 0.113 e. The van der Waals surface area contributed by atoms with Crippen molar-refractivity contribution in [1.29, 1.82) is 0 Å². The molecule has 1 aliphatic heterocycles. The lowest BCUT2D eigenvalue weighted by Gasteiger charge is -2.35. The van der Waals surface area contributed by atoms with Crippen molar-refractivity contribution in [1.82, 2.24) is 15.3 Å². The fraction of sp³-hybridized carbons (Fsp3) is 0.562. The minimum atomic E-state index is 0.241. The Morgan fingerprint density at radius 2 is 1.95 bits per heavy atom. The van der Waals surface area contributed by atoms with Gasteiger partial charge in [0.2, 0.25) is 0 Å². The normalized spacial score (nSPS) is 18.9. The number of H-pyrrole nitrogens is 1. The van der Waals surface area contributed by atoms with Crippen LogP contribution in [0.1, 0.15) is 43.1 Å². The molecule has 0 spiro atoms. The standard InChI is InChI=1S/C16H23N3/c1-4-16(5-7-17-8-6-16)15-18-13-10-11(2)9-12(3)14(13)19-15/h9-10,17H,4-8H2,1-3H3,(H,18,19). The summed E-state index contributed by atoms with van der Waals surface area (Å²) in [4.78, 5) is 8.54. The van der Waals surface area contributed by atoms with Crippen molar-refractivity contribution < 1.29 is 0 Å². The Balaban J connectivity index is 2.11. The Hall–Kier alpha value is -1.35. The Labute approximate surface area is 114 Å². The summed E-state index contributed by atoms with van der Waals surface area (Å²) in [5.41, 5.74) is 5.16. The van der Waals surface area contributed by atoms with Crippen LogP contribution in [0.2, 0.25) is 0 Å². The highest BCUT2D eigenvalue weighted by Crippen LogP contribution is 2.36. The van der Waals surface area contributed by atoms with E-state index in [0.717, 1.165) is 25.0 Å². The summed E-state index contributed by atoms with van der Waals surface area (Å²) in [6.45, 7) is 8.79. The zero-order valence-electron chi connectivity index (χ0n) is 12.1. The first-order valence-corrected chi connectivity index (χ1v) is 7.33. The number of nitrogens with one attached hydrogen (secondary N) is 2.